The van der Waals surface area contributed by atoms with Crippen molar-refractivity contribution in [1.82, 2.24) is 19.4 Å². The molecular formula is C32H34N4O5. The molecule has 0 bridgehead atoms. The van der Waals surface area contributed by atoms with Crippen LogP contribution in [0.1, 0.15) is 44.1 Å². The van der Waals surface area contributed by atoms with E-state index in [2.05, 4.69) is 15.5 Å². The number of fused-ring (bicyclic) bond motifs is 1. The minimum atomic E-state index is -0.954. The number of aryl methyl sites for hydroxylation is 2. The molecule has 41 heavy (non-hydrogen) atoms. The van der Waals surface area contributed by atoms with Crippen LogP contribution in [0, 0.1) is 13.8 Å². The summed E-state index contributed by atoms with van der Waals surface area (Å²) in [6.45, 7) is 8.73. The molecule has 6 rings (SSSR count). The number of carbonyl (C=O) groups is 2. The molecule has 0 radical (unpaired) electrons. The summed E-state index contributed by atoms with van der Waals surface area (Å²) >= 11 is 0. The number of ether oxygens (including phenoxy) is 2. The zero-order valence-corrected chi connectivity index (χ0v) is 23.4. The number of aromatic carboxylic acids is 1. The lowest BCUT2D eigenvalue weighted by Gasteiger charge is -2.35. The fraction of sp³-hybridized carbons (Fsp3) is 0.344. The van der Waals surface area contributed by atoms with Gasteiger partial charge in [-0.25, -0.2) is 9.78 Å². The smallest absolute Gasteiger partial charge is 0.335 e. The molecule has 0 aliphatic carbocycles. The first kappa shape index (κ1) is 27.0. The van der Waals surface area contributed by atoms with Crippen molar-refractivity contribution in [2.24, 2.45) is 0 Å². The van der Waals surface area contributed by atoms with Gasteiger partial charge in [-0.3, -0.25) is 9.69 Å². The van der Waals surface area contributed by atoms with Crippen LogP contribution in [-0.2, 0) is 17.8 Å². The SMILES string of the molecule is Cc1ccc(Oc2cccc(C(=O)N3CCN(Cc4nc5ccc(C(=O)O)cc5n4C[C@@H]4CCO4)CC3)c2)c(C)c1. The Labute approximate surface area is 238 Å². The van der Waals surface area contributed by atoms with Gasteiger partial charge in [0, 0.05) is 38.3 Å². The number of carboxylic acid groups (broad SMARTS) is 1. The second-order valence-corrected chi connectivity index (χ2v) is 10.9. The maximum atomic E-state index is 13.4. The number of amides is 1. The summed E-state index contributed by atoms with van der Waals surface area (Å²) in [5.41, 5.74) is 4.67. The molecule has 212 valence electrons. The highest BCUT2D eigenvalue weighted by molar-refractivity contribution is 5.95. The second kappa shape index (κ2) is 11.3. The number of benzene rings is 3. The van der Waals surface area contributed by atoms with Gasteiger partial charge in [0.1, 0.15) is 17.3 Å². The van der Waals surface area contributed by atoms with E-state index in [0.717, 1.165) is 41.2 Å². The number of hydrogen-bond acceptors (Lipinski definition) is 6. The van der Waals surface area contributed by atoms with E-state index in [4.69, 9.17) is 14.5 Å². The maximum Gasteiger partial charge on any atom is 0.335 e. The van der Waals surface area contributed by atoms with Crippen LogP contribution in [0.25, 0.3) is 11.0 Å². The Hall–Kier alpha value is -4.21. The van der Waals surface area contributed by atoms with Gasteiger partial charge in [-0.2, -0.15) is 0 Å². The summed E-state index contributed by atoms with van der Waals surface area (Å²) in [6, 6.07) is 18.5. The van der Waals surface area contributed by atoms with Crippen molar-refractivity contribution in [2.45, 2.75) is 39.5 Å². The summed E-state index contributed by atoms with van der Waals surface area (Å²) in [7, 11) is 0. The first-order valence-electron chi connectivity index (χ1n) is 14.0. The average Bonchev–Trinajstić information content (AvgIpc) is 3.28. The molecule has 2 aliphatic rings. The van der Waals surface area contributed by atoms with E-state index >= 15 is 0 Å². The maximum absolute atomic E-state index is 13.4. The number of imidazole rings is 1. The van der Waals surface area contributed by atoms with Crippen LogP contribution in [0.15, 0.2) is 60.7 Å². The first-order chi connectivity index (χ1) is 19.8. The number of hydrogen-bond donors (Lipinski definition) is 1. The van der Waals surface area contributed by atoms with E-state index in [9.17, 15) is 14.7 Å². The molecule has 3 heterocycles. The minimum absolute atomic E-state index is 0.00806. The number of piperazine rings is 1. The Morgan fingerprint density at radius 1 is 1.00 bits per heavy atom. The molecule has 9 nitrogen and oxygen atoms in total. The number of aromatic nitrogens is 2. The van der Waals surface area contributed by atoms with Gasteiger partial charge in [-0.1, -0.05) is 23.8 Å². The van der Waals surface area contributed by atoms with Gasteiger partial charge in [-0.05, 0) is 68.3 Å². The van der Waals surface area contributed by atoms with E-state index in [0.29, 0.717) is 50.6 Å². The monoisotopic (exact) mass is 554 g/mol. The zero-order chi connectivity index (χ0) is 28.5. The van der Waals surface area contributed by atoms with E-state index in [1.165, 1.54) is 5.56 Å². The number of carbonyl (C=O) groups excluding carboxylic acids is 1. The molecule has 1 amide bonds. The Bertz CT molecular complexity index is 1600. The van der Waals surface area contributed by atoms with Crippen molar-refractivity contribution in [2.75, 3.05) is 32.8 Å². The molecule has 1 atom stereocenters. The Balaban J connectivity index is 1.12. The summed E-state index contributed by atoms with van der Waals surface area (Å²) in [4.78, 5) is 34.0. The van der Waals surface area contributed by atoms with Gasteiger partial charge >= 0.3 is 5.97 Å². The standard InChI is InChI=1S/C32H34N4O5/c1-21-6-9-29(22(2)16-21)41-25-5-3-4-23(17-25)31(37)35-13-11-34(12-14-35)20-30-33-27-8-7-24(32(38)39)18-28(27)36(30)19-26-10-15-40-26/h3-9,16-18,26H,10-15,19-20H2,1-2H3,(H,38,39)/t26-/m0/s1. The van der Waals surface area contributed by atoms with Crippen LogP contribution in [0.4, 0.5) is 0 Å². The largest absolute Gasteiger partial charge is 0.478 e. The molecule has 0 saturated carbocycles. The van der Waals surface area contributed by atoms with Gasteiger partial charge < -0.3 is 24.0 Å². The molecular weight excluding hydrogens is 520 g/mol. The molecule has 3 aromatic carbocycles. The van der Waals surface area contributed by atoms with Crippen molar-refractivity contribution in [3.63, 3.8) is 0 Å². The molecule has 2 saturated heterocycles. The van der Waals surface area contributed by atoms with Crippen LogP contribution in [-0.4, -0.2) is 75.2 Å². The molecule has 1 aromatic heterocycles. The molecule has 9 heteroatoms. The topological polar surface area (TPSA) is 97.1 Å². The number of carboxylic acids is 1. The van der Waals surface area contributed by atoms with Crippen LogP contribution < -0.4 is 4.74 Å². The third kappa shape index (κ3) is 5.82. The third-order valence-electron chi connectivity index (χ3n) is 7.92. The fourth-order valence-corrected chi connectivity index (χ4v) is 5.49. The van der Waals surface area contributed by atoms with Gasteiger partial charge in [0.05, 0.1) is 35.8 Å². The second-order valence-electron chi connectivity index (χ2n) is 10.9. The summed E-state index contributed by atoms with van der Waals surface area (Å²) < 4.78 is 13.9. The predicted molar refractivity (Wildman–Crippen MR) is 155 cm³/mol. The molecule has 0 unspecified atom stereocenters. The predicted octanol–water partition coefficient (Wildman–Crippen LogP) is 4.89. The lowest BCUT2D eigenvalue weighted by atomic mass is 10.1. The van der Waals surface area contributed by atoms with Gasteiger partial charge in [0.15, 0.2) is 0 Å². The summed E-state index contributed by atoms with van der Waals surface area (Å²) in [5.74, 6) is 1.34. The Morgan fingerprint density at radius 2 is 1.80 bits per heavy atom. The van der Waals surface area contributed by atoms with Gasteiger partial charge in [0.25, 0.3) is 5.91 Å². The normalized spacial score (nSPS) is 17.4. The van der Waals surface area contributed by atoms with E-state index in [1.807, 2.05) is 55.1 Å². The fourth-order valence-electron chi connectivity index (χ4n) is 5.49. The van der Waals surface area contributed by atoms with Gasteiger partial charge in [-0.15, -0.1) is 0 Å². The van der Waals surface area contributed by atoms with Crippen molar-refractivity contribution < 1.29 is 24.2 Å². The van der Waals surface area contributed by atoms with Crippen molar-refractivity contribution in [3.8, 4) is 11.5 Å². The van der Waals surface area contributed by atoms with E-state index in [1.54, 1.807) is 18.2 Å². The van der Waals surface area contributed by atoms with Crippen LogP contribution in [0.5, 0.6) is 11.5 Å². The Morgan fingerprint density at radius 3 is 2.51 bits per heavy atom. The number of nitrogens with zero attached hydrogens (tertiary/aromatic N) is 4. The highest BCUT2D eigenvalue weighted by Crippen LogP contribution is 2.27. The van der Waals surface area contributed by atoms with Crippen molar-refractivity contribution >= 4 is 22.9 Å². The van der Waals surface area contributed by atoms with Crippen molar-refractivity contribution in [1.29, 1.82) is 0 Å². The minimum Gasteiger partial charge on any atom is -0.478 e. The average molecular weight is 555 g/mol. The quantitative estimate of drug-likeness (QED) is 0.331. The van der Waals surface area contributed by atoms with Crippen LogP contribution in [0.3, 0.4) is 0 Å². The summed E-state index contributed by atoms with van der Waals surface area (Å²) in [6.07, 6.45) is 1.10. The zero-order valence-electron chi connectivity index (χ0n) is 23.4. The van der Waals surface area contributed by atoms with E-state index in [-0.39, 0.29) is 17.6 Å². The molecule has 2 aliphatic heterocycles. The highest BCUT2D eigenvalue weighted by Gasteiger charge is 2.26. The lowest BCUT2D eigenvalue weighted by molar-refractivity contribution is -0.0592. The summed E-state index contributed by atoms with van der Waals surface area (Å²) in [5, 5.41) is 9.49. The lowest BCUT2D eigenvalue weighted by Crippen LogP contribution is -2.48. The van der Waals surface area contributed by atoms with E-state index < -0.39 is 5.97 Å². The molecule has 1 N–H and O–H groups in total. The third-order valence-corrected chi connectivity index (χ3v) is 7.92. The number of rotatable bonds is 8. The first-order valence-corrected chi connectivity index (χ1v) is 14.0. The van der Waals surface area contributed by atoms with Crippen LogP contribution >= 0.6 is 0 Å². The Kier molecular flexibility index (Phi) is 7.47. The molecule has 2 fully saturated rings. The highest BCUT2D eigenvalue weighted by atomic mass is 16.5. The van der Waals surface area contributed by atoms with Crippen molar-refractivity contribution in [3.05, 3.63) is 88.7 Å². The molecule has 4 aromatic rings. The molecule has 0 spiro atoms. The van der Waals surface area contributed by atoms with Crippen LogP contribution in [0.2, 0.25) is 0 Å². The van der Waals surface area contributed by atoms with Gasteiger partial charge in [0.2, 0.25) is 0 Å².